The Morgan fingerprint density at radius 2 is 1.02 bits per heavy atom. The van der Waals surface area contributed by atoms with Crippen molar-refractivity contribution in [1.82, 2.24) is 8.28 Å². The Morgan fingerprint density at radius 1 is 0.576 bits per heavy atom. The lowest BCUT2D eigenvalue weighted by atomic mass is 9.76. The van der Waals surface area contributed by atoms with E-state index in [1.807, 2.05) is 0 Å². The summed E-state index contributed by atoms with van der Waals surface area (Å²) in [5.41, 5.74) is 4.14. The molecule has 7 rings (SSSR count). The summed E-state index contributed by atoms with van der Waals surface area (Å²) in [7, 11) is -28.0. The maximum atomic E-state index is 13.9. The van der Waals surface area contributed by atoms with Crippen molar-refractivity contribution in [3.8, 4) is 0 Å². The Labute approximate surface area is 574 Å². The van der Waals surface area contributed by atoms with Crippen LogP contribution in [-0.4, -0.2) is 125 Å². The van der Waals surface area contributed by atoms with Gasteiger partial charge in [0, 0.05) is 24.7 Å². The summed E-state index contributed by atoms with van der Waals surface area (Å²) in [6.07, 6.45) is 17.1. The minimum Gasteiger partial charge on any atom is -0.282 e. The maximum Gasteiger partial charge on any atom is 0.439 e. The van der Waals surface area contributed by atoms with Crippen molar-refractivity contribution in [2.75, 3.05) is 18.8 Å². The second-order valence-corrected chi connectivity index (χ2v) is 32.2. The zero-order valence-corrected chi connectivity index (χ0v) is 59.6. The number of unbranched alkanes of at least 4 members (excludes halogenated alkanes) is 9. The molecule has 1 aromatic heterocycles. The summed E-state index contributed by atoms with van der Waals surface area (Å²) in [6.45, 7) is 10.8. The molecule has 40 heteroatoms. The molecule has 4 aromatic rings. The molecule has 568 valence electrons. The summed E-state index contributed by atoms with van der Waals surface area (Å²) in [6, 6.07) is 13.0. The molecule has 2 atom stereocenters. The molecule has 2 saturated carbocycles. The van der Waals surface area contributed by atoms with E-state index in [2.05, 4.69) is 52.8 Å². The van der Waals surface area contributed by atoms with E-state index in [1.165, 1.54) is 87.5 Å². The fourth-order valence-corrected chi connectivity index (χ4v) is 15.9. The van der Waals surface area contributed by atoms with E-state index in [1.54, 1.807) is 5.56 Å². The normalized spacial score (nSPS) is 16.9. The highest BCUT2D eigenvalue weighted by atomic mass is 32.2. The highest BCUT2D eigenvalue weighted by Crippen LogP contribution is 2.52. The molecule has 0 amide bonds. The number of aromatic nitrogens is 1. The van der Waals surface area contributed by atoms with Gasteiger partial charge in [-0.25, -0.2) is 38.7 Å². The number of sulfonamides is 1. The van der Waals surface area contributed by atoms with Gasteiger partial charge < -0.3 is 0 Å². The van der Waals surface area contributed by atoms with Gasteiger partial charge in [0.25, 0.3) is 10.0 Å². The minimum absolute atomic E-state index is 0.00623. The minimum atomic E-state index is -7.05. The number of nitrogens with zero attached hydrogens (tertiary/aromatic N) is 2. The summed E-state index contributed by atoms with van der Waals surface area (Å²) >= 11 is -0.158. The van der Waals surface area contributed by atoms with Gasteiger partial charge in [-0.1, -0.05) is 167 Å². The van der Waals surface area contributed by atoms with Gasteiger partial charge in [0.1, 0.15) is 0 Å². The number of para-hydroxylation sites is 1. The molecule has 0 spiro atoms. The Morgan fingerprint density at radius 3 is 1.46 bits per heavy atom. The predicted molar refractivity (Wildman–Crippen MR) is 337 cm³/mol. The Hall–Kier alpha value is -4.45. The molecule has 17 nitrogen and oxygen atoms in total. The van der Waals surface area contributed by atoms with Gasteiger partial charge in [-0.2, -0.15) is 81.9 Å². The number of thioether (sulfide) groups is 1. The average Bonchev–Trinajstić information content (AvgIpc) is 1.62. The second kappa shape index (κ2) is 38.9. The van der Waals surface area contributed by atoms with E-state index >= 15 is 0 Å². The standard InChI is InChI=1S/C18H26F4O3S2.C18H28.C12H17F6NO2S.C11H7F6NO5S2.O3S.O2S/c1-2-3-4-5-6-7-8-9-10-11-12-26-17-13(19)15(21)18(27(23,24)25)16(22)14(17)20;1-13(2)16-10-17(14(3)4)12-18(11-16)15-8-6-5-7-9-15;13-10(14)11(15,16)12(17,18)22(20,21)19-6-5-8-3-1-2-4-9(8)7-19;12-9(13,11(16,17)25(21,22)23)10(14,15)24(19,20)18-6-5-7-3-1-2-4-8(7)18;1-4(2)3;1-3-2/h2-12H2,1H3,(H,23,24,25);10-15H,5-9H2,1-4H3;8-10H,1-7H2;1-6H,(H,21,22,23);;. The number of fused-ring (bicyclic) bond motifs is 2. The van der Waals surface area contributed by atoms with Crippen LogP contribution in [-0.2, 0) is 62.5 Å². The number of hydrogen-bond acceptors (Lipinski definition) is 14. The molecule has 3 fully saturated rings. The van der Waals surface area contributed by atoms with Gasteiger partial charge in [-0.05, 0) is 96.3 Å². The van der Waals surface area contributed by atoms with Crippen molar-refractivity contribution >= 4 is 85.1 Å². The summed E-state index contributed by atoms with van der Waals surface area (Å²) in [5.74, 6) is -18.4. The monoisotopic (exact) mass is 1580 g/mol. The average molecular weight is 1580 g/mol. The van der Waals surface area contributed by atoms with Gasteiger partial charge in [-0.3, -0.25) is 9.11 Å². The molecule has 2 N–H and O–H groups in total. The zero-order valence-electron chi connectivity index (χ0n) is 53.9. The van der Waals surface area contributed by atoms with Crippen LogP contribution in [0.5, 0.6) is 0 Å². The summed E-state index contributed by atoms with van der Waals surface area (Å²) in [4.78, 5) is -2.91. The molecule has 1 aliphatic heterocycles. The molecular weight excluding hydrogens is 1510 g/mol. The molecule has 2 heterocycles. The van der Waals surface area contributed by atoms with Gasteiger partial charge >= 0.3 is 86.5 Å². The summed E-state index contributed by atoms with van der Waals surface area (Å²) < 4.78 is 362. The van der Waals surface area contributed by atoms with Gasteiger partial charge in [0.05, 0.1) is 10.4 Å². The number of piperidine rings is 1. The quantitative estimate of drug-likeness (QED) is 0.0205. The second-order valence-electron chi connectivity index (χ2n) is 23.9. The molecule has 0 bridgehead atoms. The Balaban J connectivity index is 0.000000437. The maximum absolute atomic E-state index is 13.9. The molecule has 0 radical (unpaired) electrons. The SMILES string of the molecule is CC(C)c1cc(C(C)C)cc(C2CCCCC2)c1.CCCCCCCCCCCCSc1c(F)c(F)c(S(=O)(=O)O)c(F)c1F.O=S(=O)(N1CCC2CCCCC2C1)C(F)(F)C(F)(F)C(F)F.O=S(=O)(O)C(F)(F)C(F)(F)C(F)(F)S(=O)(=O)n1ccc2ccccc21.O=S(=O)=O.O=S=O. The molecule has 99 heavy (non-hydrogen) atoms. The van der Waals surface area contributed by atoms with Crippen molar-refractivity contribution in [3.63, 3.8) is 0 Å². The van der Waals surface area contributed by atoms with E-state index in [0.717, 1.165) is 69.1 Å². The topological polar surface area (TPSA) is 271 Å². The number of rotatable bonds is 25. The van der Waals surface area contributed by atoms with Crippen LogP contribution in [0, 0.1) is 35.1 Å². The fourth-order valence-electron chi connectivity index (χ4n) is 10.9. The van der Waals surface area contributed by atoms with Crippen molar-refractivity contribution in [1.29, 1.82) is 0 Å². The van der Waals surface area contributed by atoms with E-state index < -0.39 is 135 Å². The van der Waals surface area contributed by atoms with Crippen molar-refractivity contribution in [2.24, 2.45) is 11.8 Å². The van der Waals surface area contributed by atoms with Crippen LogP contribution in [0.25, 0.3) is 10.9 Å². The van der Waals surface area contributed by atoms with E-state index in [0.29, 0.717) is 49.1 Å². The van der Waals surface area contributed by atoms with E-state index in [4.69, 9.17) is 30.1 Å². The predicted octanol–water partition coefficient (Wildman–Crippen LogP) is 16.7. The molecule has 2 aliphatic carbocycles. The molecule has 3 aromatic carbocycles. The smallest absolute Gasteiger partial charge is 0.282 e. The van der Waals surface area contributed by atoms with Crippen LogP contribution in [0.3, 0.4) is 0 Å². The van der Waals surface area contributed by atoms with Gasteiger partial charge in [0.15, 0.2) is 28.2 Å². The third-order valence-corrected chi connectivity index (χ3v) is 23.0. The van der Waals surface area contributed by atoms with Crippen LogP contribution in [0.15, 0.2) is 64.5 Å². The molecular formula is C59H78F16N2O15S7. The fraction of sp³-hybridized carbons (Fsp3) is 0.661. The first-order chi connectivity index (χ1) is 45.5. The number of hydrogen-bond donors (Lipinski definition) is 2. The van der Waals surface area contributed by atoms with E-state index in [-0.39, 0.29) is 44.3 Å². The van der Waals surface area contributed by atoms with Crippen LogP contribution in [0.2, 0.25) is 0 Å². The van der Waals surface area contributed by atoms with Gasteiger partial charge in [0.2, 0.25) is 0 Å². The largest absolute Gasteiger partial charge is 0.439 e. The van der Waals surface area contributed by atoms with Crippen LogP contribution < -0.4 is 0 Å². The van der Waals surface area contributed by atoms with Crippen molar-refractivity contribution < 1.29 is 134 Å². The number of halogens is 16. The van der Waals surface area contributed by atoms with Crippen LogP contribution in [0.1, 0.15) is 197 Å². The first-order valence-electron chi connectivity index (χ1n) is 30.8. The highest BCUT2D eigenvalue weighted by molar-refractivity contribution is 7.99. The van der Waals surface area contributed by atoms with Crippen LogP contribution in [0.4, 0.5) is 70.2 Å². The Kier molecular flexibility index (Phi) is 35.6. The van der Waals surface area contributed by atoms with E-state index in [9.17, 15) is 104 Å². The Bertz CT molecular complexity index is 3840. The first-order valence-corrected chi connectivity index (χ1v) is 39.2. The lowest BCUT2D eigenvalue weighted by Crippen LogP contribution is -2.61. The number of alkyl halides is 12. The van der Waals surface area contributed by atoms with Crippen molar-refractivity contribution in [3.05, 3.63) is 94.7 Å². The highest BCUT2D eigenvalue weighted by Gasteiger charge is 2.82. The third kappa shape index (κ3) is 23.5. The number of benzene rings is 3. The molecule has 3 aliphatic rings. The lowest BCUT2D eigenvalue weighted by molar-refractivity contribution is -0.245. The lowest BCUT2D eigenvalue weighted by Gasteiger charge is -2.42. The first kappa shape index (κ1) is 90.6. The molecule has 2 unspecified atom stereocenters. The van der Waals surface area contributed by atoms with Gasteiger partial charge in [-0.15, -0.1) is 24.4 Å². The summed E-state index contributed by atoms with van der Waals surface area (Å²) in [5, 5.41) is -19.2. The van der Waals surface area contributed by atoms with Crippen molar-refractivity contribution in [2.45, 2.75) is 225 Å². The molecule has 1 saturated heterocycles. The third-order valence-electron chi connectivity index (χ3n) is 16.4. The van der Waals surface area contributed by atoms with Crippen LogP contribution >= 0.6 is 11.8 Å². The zero-order chi connectivity index (χ0) is 76.1.